The summed E-state index contributed by atoms with van der Waals surface area (Å²) in [6, 6.07) is 13.1. The van der Waals surface area contributed by atoms with Crippen molar-refractivity contribution in [3.63, 3.8) is 0 Å². The van der Waals surface area contributed by atoms with Gasteiger partial charge in [0.25, 0.3) is 5.69 Å². The second-order valence-corrected chi connectivity index (χ2v) is 6.74. The molecule has 6 heteroatoms. The first-order valence-electron chi connectivity index (χ1n) is 8.94. The molecule has 0 N–H and O–H groups in total. The van der Waals surface area contributed by atoms with E-state index in [0.717, 1.165) is 18.4 Å². The monoisotopic (exact) mass is 367 g/mol. The summed E-state index contributed by atoms with van der Waals surface area (Å²) < 4.78 is 5.45. The van der Waals surface area contributed by atoms with Crippen LogP contribution < -0.4 is 4.74 Å². The Hall–Kier alpha value is -3.02. The summed E-state index contributed by atoms with van der Waals surface area (Å²) in [7, 11) is 1.57. The van der Waals surface area contributed by atoms with Crippen molar-refractivity contribution in [2.24, 2.45) is 5.92 Å². The number of Topliss-reactive ketones (excluding diaryl/α,β-unsaturated/α-hetero) is 2. The first-order valence-corrected chi connectivity index (χ1v) is 8.94. The molecule has 0 radical (unpaired) electrons. The Morgan fingerprint density at radius 3 is 2.52 bits per heavy atom. The molecular formula is C21H21NO5. The molecular weight excluding hydrogens is 346 g/mol. The molecule has 2 aromatic rings. The smallest absolute Gasteiger partial charge is 0.269 e. The number of ketones is 2. The van der Waals surface area contributed by atoms with Crippen LogP contribution in [0, 0.1) is 16.0 Å². The predicted octanol–water partition coefficient (Wildman–Crippen LogP) is 4.33. The molecule has 1 saturated carbocycles. The van der Waals surface area contributed by atoms with Crippen molar-refractivity contribution in [2.75, 3.05) is 7.11 Å². The molecule has 140 valence electrons. The molecule has 0 amide bonds. The standard InChI is InChI=1S/C21H21NO5/c1-27-21-8-3-2-5-17(21)18(16-6-4-7-19(16)23)13-20(24)14-9-11-15(12-10-14)22(25)26/h2-3,5,8-12,16,18H,4,6-7,13H2,1H3/t16?,18-/m0/s1. The Balaban J connectivity index is 1.90. The number of ether oxygens (including phenoxy) is 1. The van der Waals surface area contributed by atoms with Crippen molar-refractivity contribution >= 4 is 17.3 Å². The van der Waals surface area contributed by atoms with E-state index in [2.05, 4.69) is 0 Å². The molecule has 2 atom stereocenters. The van der Waals surface area contributed by atoms with Crippen LogP contribution in [0.1, 0.15) is 47.5 Å². The number of rotatable bonds is 7. The SMILES string of the molecule is COc1ccccc1[C@@H](CC(=O)c1ccc([N+](=O)[O-])cc1)C1CCCC1=O. The zero-order valence-corrected chi connectivity index (χ0v) is 15.1. The number of carbonyl (C=O) groups is 2. The minimum atomic E-state index is -0.497. The van der Waals surface area contributed by atoms with Gasteiger partial charge in [-0.1, -0.05) is 18.2 Å². The Morgan fingerprint density at radius 1 is 1.22 bits per heavy atom. The number of nitro groups is 1. The van der Waals surface area contributed by atoms with Crippen molar-refractivity contribution in [2.45, 2.75) is 31.6 Å². The fourth-order valence-corrected chi connectivity index (χ4v) is 3.80. The maximum absolute atomic E-state index is 12.9. The van der Waals surface area contributed by atoms with Crippen LogP contribution in [-0.2, 0) is 4.79 Å². The lowest BCUT2D eigenvalue weighted by molar-refractivity contribution is -0.384. The van der Waals surface area contributed by atoms with Gasteiger partial charge in [-0.2, -0.15) is 0 Å². The van der Waals surface area contributed by atoms with Crippen LogP contribution in [0.4, 0.5) is 5.69 Å². The highest BCUT2D eigenvalue weighted by molar-refractivity contribution is 5.97. The van der Waals surface area contributed by atoms with Gasteiger partial charge in [0, 0.05) is 42.4 Å². The zero-order valence-electron chi connectivity index (χ0n) is 15.1. The lowest BCUT2D eigenvalue weighted by Crippen LogP contribution is -2.21. The molecule has 1 unspecified atom stereocenters. The van der Waals surface area contributed by atoms with E-state index >= 15 is 0 Å². The van der Waals surface area contributed by atoms with E-state index in [1.54, 1.807) is 7.11 Å². The van der Waals surface area contributed by atoms with Gasteiger partial charge in [0.05, 0.1) is 12.0 Å². The number of para-hydroxylation sites is 1. The predicted molar refractivity (Wildman–Crippen MR) is 100 cm³/mol. The molecule has 0 aliphatic heterocycles. The third kappa shape index (κ3) is 4.05. The minimum absolute atomic E-state index is 0.0567. The number of methoxy groups -OCH3 is 1. The molecule has 6 nitrogen and oxygen atoms in total. The van der Waals surface area contributed by atoms with Crippen LogP contribution in [0.3, 0.4) is 0 Å². The van der Waals surface area contributed by atoms with Crippen LogP contribution in [0.5, 0.6) is 5.75 Å². The van der Waals surface area contributed by atoms with Crippen molar-refractivity contribution in [1.82, 2.24) is 0 Å². The molecule has 1 aliphatic carbocycles. The van der Waals surface area contributed by atoms with E-state index in [0.29, 0.717) is 17.7 Å². The highest BCUT2D eigenvalue weighted by Gasteiger charge is 2.35. The summed E-state index contributed by atoms with van der Waals surface area (Å²) in [4.78, 5) is 35.5. The molecule has 0 spiro atoms. The molecule has 0 bridgehead atoms. The number of non-ortho nitro benzene ring substituents is 1. The largest absolute Gasteiger partial charge is 0.496 e. The molecule has 0 heterocycles. The zero-order chi connectivity index (χ0) is 19.4. The summed E-state index contributed by atoms with van der Waals surface area (Å²) in [6.45, 7) is 0. The normalized spacial score (nSPS) is 17.5. The number of hydrogen-bond donors (Lipinski definition) is 0. The molecule has 0 saturated heterocycles. The molecule has 0 aromatic heterocycles. The van der Waals surface area contributed by atoms with Crippen LogP contribution >= 0.6 is 0 Å². The third-order valence-electron chi connectivity index (χ3n) is 5.18. The van der Waals surface area contributed by atoms with E-state index < -0.39 is 4.92 Å². The summed E-state index contributed by atoms with van der Waals surface area (Å²) >= 11 is 0. The first-order chi connectivity index (χ1) is 13.0. The Labute approximate surface area is 157 Å². The Bertz CT molecular complexity index is 859. The highest BCUT2D eigenvalue weighted by atomic mass is 16.6. The topological polar surface area (TPSA) is 86.5 Å². The lowest BCUT2D eigenvalue weighted by atomic mass is 9.79. The molecule has 27 heavy (non-hydrogen) atoms. The van der Waals surface area contributed by atoms with Crippen LogP contribution in [0.2, 0.25) is 0 Å². The van der Waals surface area contributed by atoms with Gasteiger partial charge in [-0.15, -0.1) is 0 Å². The van der Waals surface area contributed by atoms with Crippen molar-refractivity contribution < 1.29 is 19.2 Å². The average Bonchev–Trinajstić information content (AvgIpc) is 3.11. The Kier molecular flexibility index (Phi) is 5.64. The molecule has 2 aromatic carbocycles. The molecule has 1 fully saturated rings. The summed E-state index contributed by atoms with van der Waals surface area (Å²) in [5, 5.41) is 10.8. The summed E-state index contributed by atoms with van der Waals surface area (Å²) in [6.07, 6.45) is 2.30. The van der Waals surface area contributed by atoms with E-state index in [1.807, 2.05) is 24.3 Å². The van der Waals surface area contributed by atoms with Crippen molar-refractivity contribution in [3.8, 4) is 5.75 Å². The van der Waals surface area contributed by atoms with Gasteiger partial charge >= 0.3 is 0 Å². The highest BCUT2D eigenvalue weighted by Crippen LogP contribution is 2.41. The molecule has 3 rings (SSSR count). The van der Waals surface area contributed by atoms with Gasteiger partial charge in [-0.3, -0.25) is 19.7 Å². The summed E-state index contributed by atoms with van der Waals surface area (Å²) in [5.74, 6) is 0.240. The van der Waals surface area contributed by atoms with Crippen LogP contribution in [-0.4, -0.2) is 23.6 Å². The Morgan fingerprint density at radius 2 is 1.93 bits per heavy atom. The van der Waals surface area contributed by atoms with Crippen LogP contribution in [0.15, 0.2) is 48.5 Å². The maximum Gasteiger partial charge on any atom is 0.269 e. The van der Waals surface area contributed by atoms with E-state index in [-0.39, 0.29) is 35.5 Å². The third-order valence-corrected chi connectivity index (χ3v) is 5.18. The minimum Gasteiger partial charge on any atom is -0.496 e. The van der Waals surface area contributed by atoms with Gasteiger partial charge in [-0.25, -0.2) is 0 Å². The maximum atomic E-state index is 12.9. The quantitative estimate of drug-likeness (QED) is 0.413. The average molecular weight is 367 g/mol. The van der Waals surface area contributed by atoms with Crippen molar-refractivity contribution in [1.29, 1.82) is 0 Å². The first kappa shape index (κ1) is 18.8. The van der Waals surface area contributed by atoms with Gasteiger partial charge < -0.3 is 4.74 Å². The van der Waals surface area contributed by atoms with E-state index in [9.17, 15) is 19.7 Å². The van der Waals surface area contributed by atoms with Gasteiger partial charge in [-0.05, 0) is 36.6 Å². The second kappa shape index (κ2) is 8.12. The van der Waals surface area contributed by atoms with Crippen molar-refractivity contribution in [3.05, 3.63) is 69.8 Å². The lowest BCUT2D eigenvalue weighted by Gasteiger charge is -2.24. The number of nitro benzene ring substituents is 1. The number of carbonyl (C=O) groups excluding carboxylic acids is 2. The van der Waals surface area contributed by atoms with Crippen LogP contribution in [0.25, 0.3) is 0 Å². The molecule has 1 aliphatic rings. The van der Waals surface area contributed by atoms with E-state index in [1.165, 1.54) is 24.3 Å². The fourth-order valence-electron chi connectivity index (χ4n) is 3.80. The second-order valence-electron chi connectivity index (χ2n) is 6.74. The number of nitrogens with zero attached hydrogens (tertiary/aromatic N) is 1. The van der Waals surface area contributed by atoms with Gasteiger partial charge in [0.1, 0.15) is 11.5 Å². The van der Waals surface area contributed by atoms with Gasteiger partial charge in [0.15, 0.2) is 5.78 Å². The fraction of sp³-hybridized carbons (Fsp3) is 0.333. The number of benzene rings is 2. The van der Waals surface area contributed by atoms with Gasteiger partial charge in [0.2, 0.25) is 0 Å². The number of hydrogen-bond acceptors (Lipinski definition) is 5. The van der Waals surface area contributed by atoms with E-state index in [4.69, 9.17) is 4.74 Å². The summed E-state index contributed by atoms with van der Waals surface area (Å²) in [5.41, 5.74) is 1.21.